The van der Waals surface area contributed by atoms with Gasteiger partial charge in [-0.3, -0.25) is 29.4 Å². The summed E-state index contributed by atoms with van der Waals surface area (Å²) in [5.41, 5.74) is -0.0999. The molecule has 2 saturated heterocycles. The highest BCUT2D eigenvalue weighted by molar-refractivity contribution is 6.29. The van der Waals surface area contributed by atoms with Gasteiger partial charge >= 0.3 is 5.92 Å². The number of carbonyl (C=O) groups excluding carboxylic acids is 5. The van der Waals surface area contributed by atoms with Crippen LogP contribution < -0.4 is 16.1 Å². The number of carbonyl (C=O) groups is 5. The minimum absolute atomic E-state index is 0.0395. The lowest BCUT2D eigenvalue weighted by Crippen LogP contribution is -2.60. The second kappa shape index (κ2) is 12.1. The van der Waals surface area contributed by atoms with Crippen LogP contribution in [-0.2, 0) is 24.0 Å². The van der Waals surface area contributed by atoms with Crippen molar-refractivity contribution in [2.24, 2.45) is 23.7 Å². The summed E-state index contributed by atoms with van der Waals surface area (Å²) in [6, 6.07) is -2.38. The first-order valence-corrected chi connectivity index (χ1v) is 13.4. The smallest absolute Gasteiger partial charge is 0.321 e. The predicted octanol–water partition coefficient (Wildman–Crippen LogP) is 1.33. The third-order valence-corrected chi connectivity index (χ3v) is 8.06. The van der Waals surface area contributed by atoms with Gasteiger partial charge in [-0.15, -0.1) is 0 Å². The summed E-state index contributed by atoms with van der Waals surface area (Å²) in [4.78, 5) is 65.1. The number of hydrogen-bond donors (Lipinski definition) is 3. The summed E-state index contributed by atoms with van der Waals surface area (Å²) in [5, 5.41) is 5.42. The second-order valence-electron chi connectivity index (χ2n) is 10.5. The summed E-state index contributed by atoms with van der Waals surface area (Å²) in [5.74, 6) is -9.87. The lowest BCUT2D eigenvalue weighted by atomic mass is 9.93. The maximum atomic E-state index is 13.8. The Morgan fingerprint density at radius 2 is 1.92 bits per heavy atom. The number of nitrogens with zero attached hydrogens (tertiary/aromatic N) is 2. The standard InChI is InChI=1S/C24H35ClF3N5O5/c1-4-12(2)16(30-23(38)24(3,27)28)21(36)32-10-13-6-5-7-15(13)17(32)20(35)31-33(22(37)18(25)26)11-14-8-9-29-19(14)34/h12-18H,4-11H2,1-3H3,(H,29,34)(H,30,38)(H,31,35)/t12-,13-,14-,15-,16-,17-,18-/m0/s1. The van der Waals surface area contributed by atoms with E-state index in [0.29, 0.717) is 37.7 Å². The van der Waals surface area contributed by atoms with Crippen molar-refractivity contribution in [3.05, 3.63) is 0 Å². The highest BCUT2D eigenvalue weighted by atomic mass is 35.5. The molecule has 0 radical (unpaired) electrons. The Morgan fingerprint density at radius 3 is 2.47 bits per heavy atom. The second-order valence-corrected chi connectivity index (χ2v) is 10.9. The molecule has 3 N–H and O–H groups in total. The maximum Gasteiger partial charge on any atom is 0.321 e. The van der Waals surface area contributed by atoms with Crippen LogP contribution in [0.3, 0.4) is 0 Å². The van der Waals surface area contributed by atoms with Crippen LogP contribution in [0, 0.1) is 23.7 Å². The van der Waals surface area contributed by atoms with Gasteiger partial charge in [0.2, 0.25) is 11.8 Å². The molecule has 2 aliphatic heterocycles. The summed E-state index contributed by atoms with van der Waals surface area (Å²) in [6.07, 6.45) is 2.93. The summed E-state index contributed by atoms with van der Waals surface area (Å²) in [7, 11) is 0. The fourth-order valence-corrected chi connectivity index (χ4v) is 5.66. The Balaban J connectivity index is 1.86. The zero-order valence-electron chi connectivity index (χ0n) is 21.6. The number of nitrogens with one attached hydrogen (secondary N) is 3. The van der Waals surface area contributed by atoms with Crippen molar-refractivity contribution in [3.63, 3.8) is 0 Å². The normalized spacial score (nSPS) is 27.2. The Morgan fingerprint density at radius 1 is 1.24 bits per heavy atom. The molecule has 2 heterocycles. The molecule has 38 heavy (non-hydrogen) atoms. The Bertz CT molecular complexity index is 949. The Hall–Kier alpha value is -2.57. The van der Waals surface area contributed by atoms with E-state index in [2.05, 4.69) is 16.1 Å². The molecule has 14 heteroatoms. The van der Waals surface area contributed by atoms with E-state index >= 15 is 0 Å². The molecule has 3 rings (SSSR count). The Labute approximate surface area is 224 Å². The number of rotatable bonds is 9. The number of fused-ring (bicyclic) bond motifs is 1. The van der Waals surface area contributed by atoms with E-state index in [-0.39, 0.29) is 30.8 Å². The third kappa shape index (κ3) is 6.52. The van der Waals surface area contributed by atoms with E-state index in [9.17, 15) is 37.1 Å². The van der Waals surface area contributed by atoms with Gasteiger partial charge in [0.25, 0.3) is 23.4 Å². The van der Waals surface area contributed by atoms with Crippen LogP contribution in [0.1, 0.15) is 52.9 Å². The third-order valence-electron chi connectivity index (χ3n) is 7.87. The molecule has 0 aromatic heterocycles. The number of likely N-dealkylation sites (tertiary alicyclic amines) is 1. The van der Waals surface area contributed by atoms with Crippen LogP contribution in [0.4, 0.5) is 13.2 Å². The van der Waals surface area contributed by atoms with Crippen LogP contribution in [-0.4, -0.2) is 82.7 Å². The number of alkyl halides is 4. The molecule has 0 aromatic carbocycles. The van der Waals surface area contributed by atoms with E-state index in [1.165, 1.54) is 4.90 Å². The van der Waals surface area contributed by atoms with E-state index in [1.54, 1.807) is 13.8 Å². The van der Waals surface area contributed by atoms with Gasteiger partial charge < -0.3 is 15.5 Å². The van der Waals surface area contributed by atoms with Crippen LogP contribution in [0.15, 0.2) is 0 Å². The first kappa shape index (κ1) is 30.0. The fourth-order valence-electron chi connectivity index (χ4n) is 5.55. The van der Waals surface area contributed by atoms with Crippen LogP contribution in [0.25, 0.3) is 0 Å². The van der Waals surface area contributed by atoms with Crippen LogP contribution in [0.2, 0.25) is 0 Å². The SMILES string of the molecule is CC[C@H](C)[C@H](NC(=O)C(C)(F)F)C(=O)N1C[C@@H]2CCC[C@@H]2[C@H]1C(=O)NN(C[C@@H]1CCNC1=O)C(=O)[C@H](F)Cl. The molecule has 10 nitrogen and oxygen atoms in total. The van der Waals surface area contributed by atoms with Crippen LogP contribution in [0.5, 0.6) is 0 Å². The molecule has 7 atom stereocenters. The van der Waals surface area contributed by atoms with Crippen molar-refractivity contribution < 1.29 is 37.1 Å². The molecule has 5 amide bonds. The van der Waals surface area contributed by atoms with E-state index in [1.807, 2.05) is 0 Å². The van der Waals surface area contributed by atoms with Crippen molar-refractivity contribution in [2.75, 3.05) is 19.6 Å². The molecule has 3 fully saturated rings. The number of amides is 5. The number of hydrazine groups is 1. The van der Waals surface area contributed by atoms with Gasteiger partial charge in [-0.25, -0.2) is 9.40 Å². The highest BCUT2D eigenvalue weighted by Gasteiger charge is 2.52. The first-order chi connectivity index (χ1) is 17.8. The van der Waals surface area contributed by atoms with Gasteiger partial charge in [-0.1, -0.05) is 38.3 Å². The van der Waals surface area contributed by atoms with Gasteiger partial charge in [0.1, 0.15) is 12.1 Å². The van der Waals surface area contributed by atoms with Crippen molar-refractivity contribution in [1.82, 2.24) is 26.0 Å². The zero-order chi connectivity index (χ0) is 28.4. The quantitative estimate of drug-likeness (QED) is 0.287. The average Bonchev–Trinajstić information content (AvgIpc) is 3.56. The summed E-state index contributed by atoms with van der Waals surface area (Å²) < 4.78 is 41.1. The average molecular weight is 566 g/mol. The first-order valence-electron chi connectivity index (χ1n) is 12.9. The minimum Gasteiger partial charge on any atom is -0.356 e. The molecule has 1 saturated carbocycles. The minimum atomic E-state index is -3.71. The van der Waals surface area contributed by atoms with Gasteiger partial charge in [-0.2, -0.15) is 8.78 Å². The molecular weight excluding hydrogens is 531 g/mol. The predicted molar refractivity (Wildman–Crippen MR) is 130 cm³/mol. The van der Waals surface area contributed by atoms with Crippen molar-refractivity contribution >= 4 is 41.1 Å². The molecule has 0 spiro atoms. The van der Waals surface area contributed by atoms with Crippen molar-refractivity contribution in [1.29, 1.82) is 0 Å². The lowest BCUT2D eigenvalue weighted by Gasteiger charge is -2.34. The summed E-state index contributed by atoms with van der Waals surface area (Å²) >= 11 is 5.36. The summed E-state index contributed by atoms with van der Waals surface area (Å²) in [6.45, 7) is 4.04. The maximum absolute atomic E-state index is 13.8. The molecule has 0 aromatic rings. The fraction of sp³-hybridized carbons (Fsp3) is 0.792. The van der Waals surface area contributed by atoms with Crippen molar-refractivity contribution in [2.45, 2.75) is 76.5 Å². The zero-order valence-corrected chi connectivity index (χ0v) is 22.4. The molecule has 0 unspecified atom stereocenters. The molecular formula is C24H35ClF3N5O5. The lowest BCUT2D eigenvalue weighted by molar-refractivity contribution is -0.152. The van der Waals surface area contributed by atoms with Gasteiger partial charge in [0.05, 0.1) is 12.5 Å². The number of halogens is 4. The molecule has 214 valence electrons. The molecule has 3 aliphatic rings. The van der Waals surface area contributed by atoms with Crippen molar-refractivity contribution in [3.8, 4) is 0 Å². The van der Waals surface area contributed by atoms with Gasteiger partial charge in [0, 0.05) is 20.0 Å². The molecule has 1 aliphatic carbocycles. The highest BCUT2D eigenvalue weighted by Crippen LogP contribution is 2.43. The molecule has 0 bridgehead atoms. The Kier molecular flexibility index (Phi) is 9.53. The van der Waals surface area contributed by atoms with Gasteiger partial charge in [0.15, 0.2) is 0 Å². The van der Waals surface area contributed by atoms with E-state index < -0.39 is 59.1 Å². The topological polar surface area (TPSA) is 128 Å². The van der Waals surface area contributed by atoms with E-state index in [0.717, 1.165) is 12.8 Å². The monoisotopic (exact) mass is 565 g/mol. The largest absolute Gasteiger partial charge is 0.356 e. The van der Waals surface area contributed by atoms with Crippen LogP contribution >= 0.6 is 11.6 Å². The van der Waals surface area contributed by atoms with E-state index in [4.69, 9.17) is 11.6 Å². The van der Waals surface area contributed by atoms with Gasteiger partial charge in [-0.05, 0) is 37.0 Å². The number of hydrogen-bond acceptors (Lipinski definition) is 5.